The summed E-state index contributed by atoms with van der Waals surface area (Å²) in [4.78, 5) is 14.3. The van der Waals surface area contributed by atoms with Crippen molar-refractivity contribution in [3.8, 4) is 5.75 Å². The molecule has 7 heteroatoms. The monoisotopic (exact) mass is 326 g/mol. The number of rotatable bonds is 5. The van der Waals surface area contributed by atoms with Crippen LogP contribution in [-0.2, 0) is 10.0 Å². The summed E-state index contributed by atoms with van der Waals surface area (Å²) in [7, 11) is -1.65. The Hall–Kier alpha value is -1.60. The van der Waals surface area contributed by atoms with E-state index in [0.717, 1.165) is 0 Å². The maximum absolute atomic E-state index is 12.5. The summed E-state index contributed by atoms with van der Waals surface area (Å²) in [5, 5.41) is 0. The molecule has 0 unspecified atom stereocenters. The molecule has 0 aliphatic carbocycles. The number of nitrogens with one attached hydrogen (secondary N) is 1. The number of hydrogen-bond acceptors (Lipinski definition) is 4. The summed E-state index contributed by atoms with van der Waals surface area (Å²) < 4.78 is 31.1. The summed E-state index contributed by atoms with van der Waals surface area (Å²) in [6, 6.07) is 7.04. The lowest BCUT2D eigenvalue weighted by Gasteiger charge is -2.32. The van der Waals surface area contributed by atoms with Gasteiger partial charge >= 0.3 is 0 Å². The second-order valence-corrected chi connectivity index (χ2v) is 7.33. The standard InChI is InChI=1S/C15H22N2O4S/c1-3-22(19,20)16-12-8-10-17(11-9-12)15(18)13-6-4-5-7-14(13)21-2/h4-7,12,16H,3,8-11H2,1-2H3. The SMILES string of the molecule is CCS(=O)(=O)NC1CCN(C(=O)c2ccccc2OC)CC1. The molecular formula is C15H22N2O4S. The number of carbonyl (C=O) groups excluding carboxylic acids is 1. The minimum absolute atomic E-state index is 0.0748. The summed E-state index contributed by atoms with van der Waals surface area (Å²) in [5.41, 5.74) is 0.539. The molecule has 1 aromatic carbocycles. The van der Waals surface area contributed by atoms with Crippen molar-refractivity contribution < 1.29 is 17.9 Å². The molecule has 1 aromatic rings. The van der Waals surface area contributed by atoms with Gasteiger partial charge in [0, 0.05) is 19.1 Å². The molecule has 2 rings (SSSR count). The van der Waals surface area contributed by atoms with Crippen molar-refractivity contribution in [2.75, 3.05) is 26.0 Å². The molecule has 0 spiro atoms. The van der Waals surface area contributed by atoms with Gasteiger partial charge in [0.15, 0.2) is 0 Å². The molecule has 0 bridgehead atoms. The third-order valence-corrected chi connectivity index (χ3v) is 5.30. The van der Waals surface area contributed by atoms with Crippen LogP contribution in [0.4, 0.5) is 0 Å². The third kappa shape index (κ3) is 3.98. The number of piperidine rings is 1. The Bertz CT molecular complexity index is 622. The average Bonchev–Trinajstić information content (AvgIpc) is 2.54. The normalized spacial score (nSPS) is 16.5. The fourth-order valence-electron chi connectivity index (χ4n) is 2.53. The highest BCUT2D eigenvalue weighted by atomic mass is 32.2. The summed E-state index contributed by atoms with van der Waals surface area (Å²) in [5.74, 6) is 0.559. The van der Waals surface area contributed by atoms with Gasteiger partial charge in [0.05, 0.1) is 18.4 Å². The van der Waals surface area contributed by atoms with Gasteiger partial charge in [-0.25, -0.2) is 13.1 Å². The molecule has 1 aliphatic heterocycles. The number of sulfonamides is 1. The number of para-hydroxylation sites is 1. The van der Waals surface area contributed by atoms with Crippen LogP contribution in [0.25, 0.3) is 0 Å². The lowest BCUT2D eigenvalue weighted by Crippen LogP contribution is -2.46. The van der Waals surface area contributed by atoms with E-state index in [0.29, 0.717) is 37.2 Å². The molecule has 0 radical (unpaired) electrons. The Balaban J connectivity index is 1.98. The highest BCUT2D eigenvalue weighted by Crippen LogP contribution is 2.21. The van der Waals surface area contributed by atoms with Gasteiger partial charge < -0.3 is 9.64 Å². The van der Waals surface area contributed by atoms with Crippen molar-refractivity contribution >= 4 is 15.9 Å². The molecule has 1 N–H and O–H groups in total. The Morgan fingerprint density at radius 1 is 1.32 bits per heavy atom. The highest BCUT2D eigenvalue weighted by Gasteiger charge is 2.27. The molecule has 22 heavy (non-hydrogen) atoms. The van der Waals surface area contributed by atoms with E-state index < -0.39 is 10.0 Å². The van der Waals surface area contributed by atoms with Crippen LogP contribution in [0.1, 0.15) is 30.1 Å². The number of ether oxygens (including phenoxy) is 1. The third-order valence-electron chi connectivity index (χ3n) is 3.85. The van der Waals surface area contributed by atoms with Gasteiger partial charge in [-0.15, -0.1) is 0 Å². The molecule has 1 saturated heterocycles. The molecule has 0 atom stereocenters. The predicted octanol–water partition coefficient (Wildman–Crippen LogP) is 1.24. The van der Waals surface area contributed by atoms with Crippen molar-refractivity contribution in [3.63, 3.8) is 0 Å². The molecule has 0 saturated carbocycles. The van der Waals surface area contributed by atoms with Gasteiger partial charge in [0.2, 0.25) is 10.0 Å². The minimum atomic E-state index is -3.19. The van der Waals surface area contributed by atoms with E-state index in [1.54, 1.807) is 30.0 Å². The largest absolute Gasteiger partial charge is 0.496 e. The predicted molar refractivity (Wildman–Crippen MR) is 84.5 cm³/mol. The topological polar surface area (TPSA) is 75.7 Å². The fraction of sp³-hybridized carbons (Fsp3) is 0.533. The van der Waals surface area contributed by atoms with E-state index in [2.05, 4.69) is 4.72 Å². The number of hydrogen-bond donors (Lipinski definition) is 1. The molecule has 1 aliphatic rings. The maximum atomic E-state index is 12.5. The number of methoxy groups -OCH3 is 1. The van der Waals surface area contributed by atoms with Crippen LogP contribution < -0.4 is 9.46 Å². The molecule has 6 nitrogen and oxygen atoms in total. The number of likely N-dealkylation sites (tertiary alicyclic amines) is 1. The van der Waals surface area contributed by atoms with E-state index in [1.165, 1.54) is 7.11 Å². The smallest absolute Gasteiger partial charge is 0.257 e. The van der Waals surface area contributed by atoms with Gasteiger partial charge in [-0.1, -0.05) is 12.1 Å². The van der Waals surface area contributed by atoms with Gasteiger partial charge in [-0.05, 0) is 31.9 Å². The molecule has 1 heterocycles. The van der Waals surface area contributed by atoms with Crippen LogP contribution in [-0.4, -0.2) is 51.2 Å². The van der Waals surface area contributed by atoms with Gasteiger partial charge in [0.25, 0.3) is 5.91 Å². The zero-order valence-electron chi connectivity index (χ0n) is 12.9. The zero-order chi connectivity index (χ0) is 16.2. The number of amides is 1. The Kier molecular flexibility index (Phi) is 5.42. The minimum Gasteiger partial charge on any atom is -0.496 e. The molecule has 1 amide bonds. The van der Waals surface area contributed by atoms with Gasteiger partial charge in [-0.2, -0.15) is 0 Å². The lowest BCUT2D eigenvalue weighted by molar-refractivity contribution is 0.0708. The Morgan fingerprint density at radius 2 is 1.95 bits per heavy atom. The quantitative estimate of drug-likeness (QED) is 0.883. The number of carbonyl (C=O) groups is 1. The van der Waals surface area contributed by atoms with Crippen molar-refractivity contribution in [3.05, 3.63) is 29.8 Å². The summed E-state index contributed by atoms with van der Waals surface area (Å²) >= 11 is 0. The molecule has 1 fully saturated rings. The van der Waals surface area contributed by atoms with Crippen LogP contribution >= 0.6 is 0 Å². The summed E-state index contributed by atoms with van der Waals surface area (Å²) in [6.45, 7) is 2.68. The van der Waals surface area contributed by atoms with Crippen molar-refractivity contribution in [2.24, 2.45) is 0 Å². The lowest BCUT2D eigenvalue weighted by atomic mass is 10.0. The molecular weight excluding hydrogens is 304 g/mol. The first kappa shape index (κ1) is 16.8. The zero-order valence-corrected chi connectivity index (χ0v) is 13.7. The first-order valence-electron chi connectivity index (χ1n) is 7.39. The first-order chi connectivity index (χ1) is 10.5. The van der Waals surface area contributed by atoms with E-state index in [4.69, 9.17) is 4.74 Å². The fourth-order valence-corrected chi connectivity index (χ4v) is 3.44. The van der Waals surface area contributed by atoms with Crippen molar-refractivity contribution in [1.82, 2.24) is 9.62 Å². The number of nitrogens with zero attached hydrogens (tertiary/aromatic N) is 1. The Morgan fingerprint density at radius 3 is 2.55 bits per heavy atom. The van der Waals surface area contributed by atoms with E-state index in [9.17, 15) is 13.2 Å². The average molecular weight is 326 g/mol. The van der Waals surface area contributed by atoms with Crippen LogP contribution in [0.3, 0.4) is 0 Å². The molecule has 0 aromatic heterocycles. The second-order valence-electron chi connectivity index (χ2n) is 5.29. The van der Waals surface area contributed by atoms with Gasteiger partial charge in [0.1, 0.15) is 5.75 Å². The van der Waals surface area contributed by atoms with Crippen molar-refractivity contribution in [2.45, 2.75) is 25.8 Å². The first-order valence-corrected chi connectivity index (χ1v) is 9.04. The van der Waals surface area contributed by atoms with Gasteiger partial charge in [-0.3, -0.25) is 4.79 Å². The maximum Gasteiger partial charge on any atom is 0.257 e. The molecule has 122 valence electrons. The second kappa shape index (κ2) is 7.11. The van der Waals surface area contributed by atoms with E-state index in [1.807, 2.05) is 6.07 Å². The Labute approximate surface area is 131 Å². The highest BCUT2D eigenvalue weighted by molar-refractivity contribution is 7.89. The van der Waals surface area contributed by atoms with Crippen LogP contribution in [0.5, 0.6) is 5.75 Å². The van der Waals surface area contributed by atoms with Crippen LogP contribution in [0, 0.1) is 0 Å². The van der Waals surface area contributed by atoms with E-state index in [-0.39, 0.29) is 17.7 Å². The van der Waals surface area contributed by atoms with Crippen LogP contribution in [0.15, 0.2) is 24.3 Å². The van der Waals surface area contributed by atoms with Crippen molar-refractivity contribution in [1.29, 1.82) is 0 Å². The number of benzene rings is 1. The van der Waals surface area contributed by atoms with E-state index >= 15 is 0 Å². The summed E-state index contributed by atoms with van der Waals surface area (Å²) in [6.07, 6.45) is 1.25. The van der Waals surface area contributed by atoms with Crippen LogP contribution in [0.2, 0.25) is 0 Å².